The molecule has 1 N–H and O–H groups in total. The number of halogens is 1. The number of benzene rings is 2. The third kappa shape index (κ3) is 4.09. The van der Waals surface area contributed by atoms with Gasteiger partial charge in [0.15, 0.2) is 0 Å². The zero-order chi connectivity index (χ0) is 13.7. The van der Waals surface area contributed by atoms with Crippen LogP contribution in [-0.2, 0) is 13.0 Å². The van der Waals surface area contributed by atoms with Crippen LogP contribution in [0.5, 0.6) is 0 Å². The van der Waals surface area contributed by atoms with Crippen LogP contribution in [0, 0.1) is 0 Å². The van der Waals surface area contributed by atoms with Crippen molar-refractivity contribution in [2.75, 3.05) is 0 Å². The van der Waals surface area contributed by atoms with E-state index in [-0.39, 0.29) is 0 Å². The van der Waals surface area contributed by atoms with Crippen LogP contribution in [0.3, 0.4) is 0 Å². The van der Waals surface area contributed by atoms with Crippen molar-refractivity contribution >= 4 is 11.6 Å². The van der Waals surface area contributed by atoms with Crippen molar-refractivity contribution < 1.29 is 0 Å². The standard InChI is InChI=1S/C17H20ClN/c1-3-14-4-6-15(7-5-14)12-19-13(2)16-8-10-17(18)11-9-16/h4-11,13,19H,3,12H2,1-2H3. The molecule has 2 heteroatoms. The molecule has 0 aliphatic heterocycles. The normalized spacial score (nSPS) is 12.4. The van der Waals surface area contributed by atoms with Gasteiger partial charge in [0.05, 0.1) is 0 Å². The third-order valence-corrected chi connectivity index (χ3v) is 3.67. The van der Waals surface area contributed by atoms with Gasteiger partial charge in [-0.3, -0.25) is 0 Å². The van der Waals surface area contributed by atoms with Crippen molar-refractivity contribution in [1.82, 2.24) is 5.32 Å². The van der Waals surface area contributed by atoms with Crippen molar-refractivity contribution in [3.8, 4) is 0 Å². The summed E-state index contributed by atoms with van der Waals surface area (Å²) in [6, 6.07) is 17.1. The Morgan fingerprint density at radius 1 is 0.947 bits per heavy atom. The molecule has 2 aromatic rings. The lowest BCUT2D eigenvalue weighted by Crippen LogP contribution is -2.17. The van der Waals surface area contributed by atoms with Crippen molar-refractivity contribution in [2.45, 2.75) is 32.9 Å². The van der Waals surface area contributed by atoms with Crippen LogP contribution < -0.4 is 5.32 Å². The molecule has 100 valence electrons. The van der Waals surface area contributed by atoms with Gasteiger partial charge in [0, 0.05) is 17.6 Å². The van der Waals surface area contributed by atoms with Crippen LogP contribution in [0.15, 0.2) is 48.5 Å². The highest BCUT2D eigenvalue weighted by Crippen LogP contribution is 2.16. The van der Waals surface area contributed by atoms with E-state index in [1.54, 1.807) is 0 Å². The van der Waals surface area contributed by atoms with E-state index >= 15 is 0 Å². The average molecular weight is 274 g/mol. The fraction of sp³-hybridized carbons (Fsp3) is 0.294. The Bertz CT molecular complexity index is 502. The van der Waals surface area contributed by atoms with Gasteiger partial charge in [0.1, 0.15) is 0 Å². The Hall–Kier alpha value is -1.31. The zero-order valence-corrected chi connectivity index (χ0v) is 12.2. The lowest BCUT2D eigenvalue weighted by atomic mass is 10.1. The van der Waals surface area contributed by atoms with Gasteiger partial charge in [-0.25, -0.2) is 0 Å². The van der Waals surface area contributed by atoms with Gasteiger partial charge in [0.2, 0.25) is 0 Å². The summed E-state index contributed by atoms with van der Waals surface area (Å²) >= 11 is 5.90. The highest BCUT2D eigenvalue weighted by molar-refractivity contribution is 6.30. The second kappa shape index (κ2) is 6.74. The number of aryl methyl sites for hydroxylation is 1. The van der Waals surface area contributed by atoms with E-state index < -0.39 is 0 Å². The summed E-state index contributed by atoms with van der Waals surface area (Å²) in [4.78, 5) is 0. The van der Waals surface area contributed by atoms with Gasteiger partial charge in [-0.05, 0) is 42.2 Å². The quantitative estimate of drug-likeness (QED) is 0.829. The van der Waals surface area contributed by atoms with Crippen LogP contribution in [-0.4, -0.2) is 0 Å². The minimum absolute atomic E-state index is 0.322. The minimum Gasteiger partial charge on any atom is -0.306 e. The first-order valence-corrected chi connectivity index (χ1v) is 7.13. The van der Waals surface area contributed by atoms with E-state index in [0.717, 1.165) is 18.0 Å². The second-order valence-electron chi connectivity index (χ2n) is 4.82. The highest BCUT2D eigenvalue weighted by Gasteiger charge is 2.04. The van der Waals surface area contributed by atoms with Crippen molar-refractivity contribution in [3.05, 3.63) is 70.2 Å². The van der Waals surface area contributed by atoms with E-state index in [1.807, 2.05) is 12.1 Å². The minimum atomic E-state index is 0.322. The third-order valence-electron chi connectivity index (χ3n) is 3.41. The Morgan fingerprint density at radius 2 is 1.53 bits per heavy atom. The molecule has 0 spiro atoms. The monoisotopic (exact) mass is 273 g/mol. The Morgan fingerprint density at radius 3 is 2.11 bits per heavy atom. The first kappa shape index (κ1) is 14.1. The molecule has 0 bridgehead atoms. The van der Waals surface area contributed by atoms with Gasteiger partial charge in [0.25, 0.3) is 0 Å². The maximum absolute atomic E-state index is 5.90. The van der Waals surface area contributed by atoms with E-state index in [1.165, 1.54) is 16.7 Å². The molecule has 2 aromatic carbocycles. The van der Waals surface area contributed by atoms with Crippen molar-refractivity contribution in [3.63, 3.8) is 0 Å². The van der Waals surface area contributed by atoms with Gasteiger partial charge < -0.3 is 5.32 Å². The summed E-state index contributed by atoms with van der Waals surface area (Å²) in [5.41, 5.74) is 3.96. The van der Waals surface area contributed by atoms with Gasteiger partial charge >= 0.3 is 0 Å². The topological polar surface area (TPSA) is 12.0 Å². The molecule has 0 aromatic heterocycles. The molecule has 0 saturated heterocycles. The van der Waals surface area contributed by atoms with Crippen molar-refractivity contribution in [2.24, 2.45) is 0 Å². The first-order chi connectivity index (χ1) is 9.19. The summed E-state index contributed by atoms with van der Waals surface area (Å²) in [5, 5.41) is 4.31. The molecule has 19 heavy (non-hydrogen) atoms. The van der Waals surface area contributed by atoms with Crippen LogP contribution in [0.4, 0.5) is 0 Å². The predicted octanol–water partition coefficient (Wildman–Crippen LogP) is 4.75. The Balaban J connectivity index is 1.92. The molecule has 0 fully saturated rings. The Kier molecular flexibility index (Phi) is 5.00. The average Bonchev–Trinajstić information content (AvgIpc) is 2.46. The molecule has 0 aliphatic rings. The van der Waals surface area contributed by atoms with Crippen molar-refractivity contribution in [1.29, 1.82) is 0 Å². The molecule has 0 amide bonds. The Labute approximate surface area is 120 Å². The molecule has 0 saturated carbocycles. The summed E-state index contributed by atoms with van der Waals surface area (Å²) < 4.78 is 0. The smallest absolute Gasteiger partial charge is 0.0406 e. The van der Waals surface area contributed by atoms with Crippen LogP contribution in [0.25, 0.3) is 0 Å². The maximum Gasteiger partial charge on any atom is 0.0406 e. The first-order valence-electron chi connectivity index (χ1n) is 6.75. The summed E-state index contributed by atoms with van der Waals surface area (Å²) in [6.07, 6.45) is 1.09. The zero-order valence-electron chi connectivity index (χ0n) is 11.5. The number of hydrogen-bond donors (Lipinski definition) is 1. The summed E-state index contributed by atoms with van der Waals surface area (Å²) in [5.74, 6) is 0. The van der Waals surface area contributed by atoms with Crippen LogP contribution in [0.1, 0.15) is 36.6 Å². The molecular formula is C17H20ClN. The van der Waals surface area contributed by atoms with E-state index in [2.05, 4.69) is 55.6 Å². The molecule has 0 aliphatic carbocycles. The van der Waals surface area contributed by atoms with Gasteiger partial charge in [-0.1, -0.05) is 54.9 Å². The SMILES string of the molecule is CCc1ccc(CNC(C)c2ccc(Cl)cc2)cc1. The fourth-order valence-corrected chi connectivity index (χ4v) is 2.16. The lowest BCUT2D eigenvalue weighted by Gasteiger charge is -2.14. The predicted molar refractivity (Wildman–Crippen MR) is 82.5 cm³/mol. The van der Waals surface area contributed by atoms with Crippen LogP contribution in [0.2, 0.25) is 5.02 Å². The highest BCUT2D eigenvalue weighted by atomic mass is 35.5. The molecule has 1 nitrogen and oxygen atoms in total. The maximum atomic E-state index is 5.90. The van der Waals surface area contributed by atoms with Gasteiger partial charge in [-0.2, -0.15) is 0 Å². The molecular weight excluding hydrogens is 254 g/mol. The summed E-state index contributed by atoms with van der Waals surface area (Å²) in [6.45, 7) is 5.23. The molecule has 2 rings (SSSR count). The molecule has 0 heterocycles. The molecule has 1 atom stereocenters. The lowest BCUT2D eigenvalue weighted by molar-refractivity contribution is 0.574. The summed E-state index contributed by atoms with van der Waals surface area (Å²) in [7, 11) is 0. The number of hydrogen-bond acceptors (Lipinski definition) is 1. The van der Waals surface area contributed by atoms with Gasteiger partial charge in [-0.15, -0.1) is 0 Å². The fourth-order valence-electron chi connectivity index (χ4n) is 2.03. The van der Waals surface area contributed by atoms with E-state index in [0.29, 0.717) is 6.04 Å². The number of nitrogens with one attached hydrogen (secondary N) is 1. The largest absolute Gasteiger partial charge is 0.306 e. The van der Waals surface area contributed by atoms with E-state index in [9.17, 15) is 0 Å². The second-order valence-corrected chi connectivity index (χ2v) is 5.26. The van der Waals surface area contributed by atoms with Crippen LogP contribution >= 0.6 is 11.6 Å². The van der Waals surface area contributed by atoms with E-state index in [4.69, 9.17) is 11.6 Å². The molecule has 0 radical (unpaired) electrons. The molecule has 1 unspecified atom stereocenters. The number of rotatable bonds is 5.